The van der Waals surface area contributed by atoms with Crippen LogP contribution in [0.4, 0.5) is 5.69 Å². The van der Waals surface area contributed by atoms with Crippen molar-refractivity contribution in [1.82, 2.24) is 4.31 Å². The zero-order valence-corrected chi connectivity index (χ0v) is 20.3. The molecule has 0 aliphatic heterocycles. The number of halogens is 1. The molecule has 8 heteroatoms. The molecule has 0 radical (unpaired) electrons. The van der Waals surface area contributed by atoms with Gasteiger partial charge in [0.15, 0.2) is 6.61 Å². The van der Waals surface area contributed by atoms with Gasteiger partial charge < -0.3 is 10.1 Å². The fourth-order valence-corrected chi connectivity index (χ4v) is 5.48. The Balaban J connectivity index is 2.02. The van der Waals surface area contributed by atoms with Crippen molar-refractivity contribution >= 4 is 37.5 Å². The second-order valence-corrected chi connectivity index (χ2v) is 9.99. The van der Waals surface area contributed by atoms with Crippen LogP contribution in [0, 0.1) is 13.8 Å². The smallest absolute Gasteiger partial charge is 0.262 e. The zero-order valence-electron chi connectivity index (χ0n) is 17.9. The summed E-state index contributed by atoms with van der Waals surface area (Å²) in [6, 6.07) is 10.1. The highest BCUT2D eigenvalue weighted by atomic mass is 79.9. The van der Waals surface area contributed by atoms with E-state index in [4.69, 9.17) is 4.74 Å². The third kappa shape index (κ3) is 6.30. The molecule has 0 heterocycles. The summed E-state index contributed by atoms with van der Waals surface area (Å²) in [7, 11) is -3.54. The fraction of sp³-hybridized carbons (Fsp3) is 0.409. The molecule has 30 heavy (non-hydrogen) atoms. The molecule has 164 valence electrons. The third-order valence-corrected chi connectivity index (χ3v) is 6.87. The number of sulfonamides is 1. The van der Waals surface area contributed by atoms with Crippen molar-refractivity contribution in [2.24, 2.45) is 0 Å². The van der Waals surface area contributed by atoms with Gasteiger partial charge in [0.2, 0.25) is 10.0 Å². The molecule has 1 amide bonds. The summed E-state index contributed by atoms with van der Waals surface area (Å²) in [5, 5.41) is 2.74. The molecule has 0 aliphatic rings. The molecule has 0 aromatic heterocycles. The van der Waals surface area contributed by atoms with Crippen LogP contribution >= 0.6 is 15.9 Å². The summed E-state index contributed by atoms with van der Waals surface area (Å²) in [6.07, 6.45) is 1.51. The molecule has 0 spiro atoms. The predicted octanol–water partition coefficient (Wildman–Crippen LogP) is 4.89. The molecule has 0 saturated heterocycles. The van der Waals surface area contributed by atoms with Crippen molar-refractivity contribution in [3.63, 3.8) is 0 Å². The fourth-order valence-electron chi connectivity index (χ4n) is 3.17. The molecule has 0 saturated carbocycles. The molecule has 2 rings (SSSR count). The number of hydrogen-bond donors (Lipinski definition) is 1. The SMILES string of the molecule is CCCN(CCC)S(=O)(=O)c1ccc(NC(=O)COc2c(C)cc(Br)cc2C)cc1. The first kappa shape index (κ1) is 24.4. The Morgan fingerprint density at radius 2 is 1.57 bits per heavy atom. The number of anilines is 1. The standard InChI is InChI=1S/C22H29BrN2O4S/c1-5-11-25(12-6-2)30(27,28)20-9-7-19(8-10-20)24-21(26)15-29-22-16(3)13-18(23)14-17(22)4/h7-10,13-14H,5-6,11-12,15H2,1-4H3,(H,24,26). The minimum absolute atomic E-state index is 0.135. The average molecular weight is 497 g/mol. The molecular weight excluding hydrogens is 468 g/mol. The maximum absolute atomic E-state index is 12.8. The largest absolute Gasteiger partial charge is 0.483 e. The van der Waals surface area contributed by atoms with Crippen molar-refractivity contribution in [1.29, 1.82) is 0 Å². The number of nitrogens with one attached hydrogen (secondary N) is 1. The number of aryl methyl sites for hydroxylation is 2. The van der Waals surface area contributed by atoms with Gasteiger partial charge >= 0.3 is 0 Å². The topological polar surface area (TPSA) is 75.7 Å². The van der Waals surface area contributed by atoms with E-state index in [-0.39, 0.29) is 17.4 Å². The van der Waals surface area contributed by atoms with Crippen molar-refractivity contribution < 1.29 is 17.9 Å². The number of hydrogen-bond acceptors (Lipinski definition) is 4. The number of amides is 1. The van der Waals surface area contributed by atoms with E-state index in [1.165, 1.54) is 16.4 Å². The van der Waals surface area contributed by atoms with E-state index in [0.717, 1.165) is 28.4 Å². The van der Waals surface area contributed by atoms with Gasteiger partial charge in [0, 0.05) is 23.2 Å². The lowest BCUT2D eigenvalue weighted by atomic mass is 10.1. The normalized spacial score (nSPS) is 11.5. The van der Waals surface area contributed by atoms with Crippen LogP contribution in [0.5, 0.6) is 5.75 Å². The van der Waals surface area contributed by atoms with Gasteiger partial charge in [0.1, 0.15) is 5.75 Å². The molecule has 1 N–H and O–H groups in total. The van der Waals surface area contributed by atoms with E-state index in [1.807, 2.05) is 39.8 Å². The molecule has 6 nitrogen and oxygen atoms in total. The lowest BCUT2D eigenvalue weighted by Gasteiger charge is -2.21. The van der Waals surface area contributed by atoms with Crippen molar-refractivity contribution in [3.05, 3.63) is 52.0 Å². The molecule has 0 aliphatic carbocycles. The summed E-state index contributed by atoms with van der Waals surface area (Å²) < 4.78 is 33.8. The van der Waals surface area contributed by atoms with Gasteiger partial charge in [-0.1, -0.05) is 29.8 Å². The van der Waals surface area contributed by atoms with Gasteiger partial charge in [-0.25, -0.2) is 8.42 Å². The number of carbonyl (C=O) groups excluding carboxylic acids is 1. The van der Waals surface area contributed by atoms with E-state index < -0.39 is 10.0 Å². The molecule has 2 aromatic carbocycles. The first-order chi connectivity index (χ1) is 14.2. The number of nitrogens with zero attached hydrogens (tertiary/aromatic N) is 1. The van der Waals surface area contributed by atoms with E-state index in [9.17, 15) is 13.2 Å². The molecule has 0 fully saturated rings. The highest BCUT2D eigenvalue weighted by molar-refractivity contribution is 9.10. The number of benzene rings is 2. The second-order valence-electron chi connectivity index (χ2n) is 7.13. The molecule has 0 atom stereocenters. The van der Waals surface area contributed by atoms with Gasteiger partial charge in [0.25, 0.3) is 5.91 Å². The summed E-state index contributed by atoms with van der Waals surface area (Å²) in [4.78, 5) is 12.5. The van der Waals surface area contributed by atoms with E-state index >= 15 is 0 Å². The quantitative estimate of drug-likeness (QED) is 0.507. The first-order valence-electron chi connectivity index (χ1n) is 9.98. The molecule has 0 unspecified atom stereocenters. The maximum atomic E-state index is 12.8. The summed E-state index contributed by atoms with van der Waals surface area (Å²) >= 11 is 3.44. The number of rotatable bonds is 10. The van der Waals surface area contributed by atoms with Crippen LogP contribution in [0.15, 0.2) is 45.8 Å². The monoisotopic (exact) mass is 496 g/mol. The van der Waals surface area contributed by atoms with Crippen molar-refractivity contribution in [3.8, 4) is 5.75 Å². The van der Waals surface area contributed by atoms with Crippen LogP contribution in [0.1, 0.15) is 37.8 Å². The Kier molecular flexibility index (Phi) is 8.88. The van der Waals surface area contributed by atoms with Crippen molar-refractivity contribution in [2.45, 2.75) is 45.4 Å². The van der Waals surface area contributed by atoms with Gasteiger partial charge in [0.05, 0.1) is 4.90 Å². The second kappa shape index (κ2) is 10.9. The van der Waals surface area contributed by atoms with Crippen LogP contribution in [0.25, 0.3) is 0 Å². The number of carbonyl (C=O) groups is 1. The maximum Gasteiger partial charge on any atom is 0.262 e. The highest BCUT2D eigenvalue weighted by Gasteiger charge is 2.22. The molecule has 0 bridgehead atoms. The van der Waals surface area contributed by atoms with Crippen LogP contribution in [0.2, 0.25) is 0 Å². The molecular formula is C22H29BrN2O4S. The first-order valence-corrected chi connectivity index (χ1v) is 12.2. The van der Waals surface area contributed by atoms with Crippen LogP contribution in [0.3, 0.4) is 0 Å². The van der Waals surface area contributed by atoms with Gasteiger partial charge in [-0.05, 0) is 74.2 Å². The number of ether oxygens (including phenoxy) is 1. The Morgan fingerprint density at radius 1 is 1.03 bits per heavy atom. The molecule has 2 aromatic rings. The summed E-state index contributed by atoms with van der Waals surface area (Å²) in [5.74, 6) is 0.368. The zero-order chi connectivity index (χ0) is 22.3. The van der Waals surface area contributed by atoms with Crippen LogP contribution < -0.4 is 10.1 Å². The Labute approximate surface area is 187 Å². The van der Waals surface area contributed by atoms with E-state index in [0.29, 0.717) is 24.5 Å². The van der Waals surface area contributed by atoms with Gasteiger partial charge in [-0.15, -0.1) is 0 Å². The Bertz CT molecular complexity index is 946. The van der Waals surface area contributed by atoms with E-state index in [1.54, 1.807) is 12.1 Å². The van der Waals surface area contributed by atoms with Gasteiger partial charge in [-0.2, -0.15) is 4.31 Å². The van der Waals surface area contributed by atoms with Gasteiger partial charge in [-0.3, -0.25) is 4.79 Å². The Morgan fingerprint density at radius 3 is 2.07 bits per heavy atom. The minimum Gasteiger partial charge on any atom is -0.483 e. The summed E-state index contributed by atoms with van der Waals surface area (Å²) in [6.45, 7) is 8.59. The van der Waals surface area contributed by atoms with Crippen molar-refractivity contribution in [2.75, 3.05) is 25.0 Å². The lowest BCUT2D eigenvalue weighted by Crippen LogP contribution is -2.32. The Hall–Kier alpha value is -1.90. The average Bonchev–Trinajstić information content (AvgIpc) is 2.67. The van der Waals surface area contributed by atoms with Crippen LogP contribution in [-0.4, -0.2) is 38.3 Å². The summed E-state index contributed by atoms with van der Waals surface area (Å²) in [5.41, 5.74) is 2.39. The highest BCUT2D eigenvalue weighted by Crippen LogP contribution is 2.27. The van der Waals surface area contributed by atoms with E-state index in [2.05, 4.69) is 21.2 Å². The predicted molar refractivity (Wildman–Crippen MR) is 124 cm³/mol. The van der Waals surface area contributed by atoms with Crippen LogP contribution in [-0.2, 0) is 14.8 Å². The minimum atomic E-state index is -3.54. The third-order valence-electron chi connectivity index (χ3n) is 4.49. The lowest BCUT2D eigenvalue weighted by molar-refractivity contribution is -0.118.